The second-order valence-electron chi connectivity index (χ2n) is 3.96. The van der Waals surface area contributed by atoms with Gasteiger partial charge in [-0.1, -0.05) is 0 Å². The van der Waals surface area contributed by atoms with Crippen LogP contribution in [0, 0.1) is 5.82 Å². The molecule has 2 aromatic rings. The summed E-state index contributed by atoms with van der Waals surface area (Å²) in [6.45, 7) is 0.418. The Labute approximate surface area is 117 Å². The number of aromatic nitrogens is 2. The molecule has 1 aromatic carbocycles. The maximum absolute atomic E-state index is 13.4. The van der Waals surface area contributed by atoms with Crippen LogP contribution in [0.25, 0.3) is 0 Å². The summed E-state index contributed by atoms with van der Waals surface area (Å²) in [5, 5.41) is 6.50. The lowest BCUT2D eigenvalue weighted by Crippen LogP contribution is -2.15. The van der Waals surface area contributed by atoms with Gasteiger partial charge in [-0.15, -0.1) is 0 Å². The highest BCUT2D eigenvalue weighted by molar-refractivity contribution is 9.10. The minimum atomic E-state index is -0.510. The minimum Gasteiger partial charge on any atom is -0.399 e. The number of halogens is 2. The fourth-order valence-corrected chi connectivity index (χ4v) is 1.86. The molecule has 0 radical (unpaired) electrons. The maximum atomic E-state index is 13.4. The molecule has 0 aliphatic heterocycles. The molecular weight excluding hydrogens is 315 g/mol. The third kappa shape index (κ3) is 3.78. The van der Waals surface area contributed by atoms with Gasteiger partial charge in [-0.3, -0.25) is 9.48 Å². The molecule has 0 aliphatic rings. The number of aryl methyl sites for hydroxylation is 1. The number of nitrogens with zero attached hydrogens (tertiary/aromatic N) is 2. The highest BCUT2D eigenvalue weighted by Crippen LogP contribution is 2.17. The number of rotatable bonds is 4. The predicted molar refractivity (Wildman–Crippen MR) is 74.0 cm³/mol. The molecule has 1 aromatic heterocycles. The average Bonchev–Trinajstić information content (AvgIpc) is 2.77. The first-order chi connectivity index (χ1) is 9.04. The molecule has 0 unspecified atom stereocenters. The Morgan fingerprint density at radius 3 is 3.00 bits per heavy atom. The lowest BCUT2D eigenvalue weighted by molar-refractivity contribution is -0.116. The third-order valence-electron chi connectivity index (χ3n) is 2.43. The van der Waals surface area contributed by atoms with Crippen LogP contribution in [-0.2, 0) is 11.3 Å². The Kier molecular flexibility index (Phi) is 4.16. The second-order valence-corrected chi connectivity index (χ2v) is 4.87. The van der Waals surface area contributed by atoms with Crippen LogP contribution < -0.4 is 11.1 Å². The van der Waals surface area contributed by atoms with Gasteiger partial charge in [-0.2, -0.15) is 5.10 Å². The van der Waals surface area contributed by atoms with Crippen molar-refractivity contribution in [3.63, 3.8) is 0 Å². The Morgan fingerprint density at radius 2 is 2.32 bits per heavy atom. The number of nitrogens with one attached hydrogen (secondary N) is 1. The van der Waals surface area contributed by atoms with Gasteiger partial charge in [-0.25, -0.2) is 4.39 Å². The topological polar surface area (TPSA) is 72.9 Å². The van der Waals surface area contributed by atoms with Gasteiger partial charge >= 0.3 is 0 Å². The lowest BCUT2D eigenvalue weighted by atomic mass is 10.2. The van der Waals surface area contributed by atoms with Crippen molar-refractivity contribution in [2.75, 3.05) is 11.1 Å². The molecule has 1 amide bonds. The van der Waals surface area contributed by atoms with E-state index in [1.807, 2.05) is 0 Å². The van der Waals surface area contributed by atoms with Crippen LogP contribution in [0.3, 0.4) is 0 Å². The van der Waals surface area contributed by atoms with Gasteiger partial charge in [-0.05, 0) is 34.1 Å². The van der Waals surface area contributed by atoms with Gasteiger partial charge in [0.2, 0.25) is 5.91 Å². The molecule has 0 fully saturated rings. The summed E-state index contributed by atoms with van der Waals surface area (Å²) in [7, 11) is 0. The Morgan fingerprint density at radius 1 is 1.53 bits per heavy atom. The molecule has 7 heteroatoms. The fourth-order valence-electron chi connectivity index (χ4n) is 1.53. The van der Waals surface area contributed by atoms with Crippen LogP contribution in [-0.4, -0.2) is 15.7 Å². The first-order valence-electron chi connectivity index (χ1n) is 5.57. The summed E-state index contributed by atoms with van der Waals surface area (Å²) in [6, 6.07) is 4.04. The van der Waals surface area contributed by atoms with E-state index in [1.54, 1.807) is 17.1 Å². The summed E-state index contributed by atoms with van der Waals surface area (Å²) in [5.74, 6) is -0.805. The molecular formula is C12H12BrFN4O. The monoisotopic (exact) mass is 326 g/mol. The number of amides is 1. The molecule has 5 nitrogen and oxygen atoms in total. The third-order valence-corrected chi connectivity index (χ3v) is 2.84. The SMILES string of the molecule is Nc1ccc(F)c(NC(=O)CCn2cc(Br)cn2)c1. The largest absolute Gasteiger partial charge is 0.399 e. The van der Waals surface area contributed by atoms with Crippen molar-refractivity contribution in [2.45, 2.75) is 13.0 Å². The van der Waals surface area contributed by atoms with Gasteiger partial charge in [0.15, 0.2) is 0 Å². The van der Waals surface area contributed by atoms with Gasteiger partial charge in [0.1, 0.15) is 5.82 Å². The number of hydrogen-bond donors (Lipinski definition) is 2. The van der Waals surface area contributed by atoms with E-state index in [-0.39, 0.29) is 18.0 Å². The fraction of sp³-hybridized carbons (Fsp3) is 0.167. The molecule has 0 saturated carbocycles. The van der Waals surface area contributed by atoms with Gasteiger partial charge < -0.3 is 11.1 Å². The molecule has 0 atom stereocenters. The van der Waals surface area contributed by atoms with Gasteiger partial charge in [0.05, 0.1) is 16.4 Å². The number of nitrogen functional groups attached to an aromatic ring is 1. The number of carbonyl (C=O) groups excluding carboxylic acids is 1. The van der Waals surface area contributed by atoms with Crippen molar-refractivity contribution < 1.29 is 9.18 Å². The zero-order valence-electron chi connectivity index (χ0n) is 9.94. The summed E-state index contributed by atoms with van der Waals surface area (Å²) in [4.78, 5) is 11.7. The zero-order chi connectivity index (χ0) is 13.8. The summed E-state index contributed by atoms with van der Waals surface area (Å²) < 4.78 is 15.9. The standard InChI is InChI=1S/C12H12BrFN4O/c13-8-6-16-18(7-8)4-3-12(19)17-11-5-9(15)1-2-10(11)14/h1-2,5-7H,3-4,15H2,(H,17,19). The second kappa shape index (κ2) is 5.83. The van der Waals surface area contributed by atoms with E-state index in [2.05, 4.69) is 26.3 Å². The predicted octanol–water partition coefficient (Wildman–Crippen LogP) is 2.40. The number of anilines is 2. The summed E-state index contributed by atoms with van der Waals surface area (Å²) in [6.07, 6.45) is 3.59. The van der Waals surface area contributed by atoms with Crippen LogP contribution >= 0.6 is 15.9 Å². The van der Waals surface area contributed by atoms with Crippen molar-refractivity contribution >= 4 is 33.2 Å². The molecule has 0 aliphatic carbocycles. The number of nitrogens with two attached hydrogens (primary N) is 1. The zero-order valence-corrected chi connectivity index (χ0v) is 11.5. The number of benzene rings is 1. The van der Waals surface area contributed by atoms with Crippen molar-refractivity contribution in [1.29, 1.82) is 0 Å². The molecule has 2 rings (SSSR count). The summed E-state index contributed by atoms with van der Waals surface area (Å²) in [5.41, 5.74) is 6.02. The molecule has 19 heavy (non-hydrogen) atoms. The highest BCUT2D eigenvalue weighted by atomic mass is 79.9. The van der Waals surface area contributed by atoms with E-state index in [0.717, 1.165) is 4.47 Å². The molecule has 100 valence electrons. The van der Waals surface area contributed by atoms with E-state index in [0.29, 0.717) is 12.2 Å². The van der Waals surface area contributed by atoms with Crippen LogP contribution in [0.1, 0.15) is 6.42 Å². The molecule has 3 N–H and O–H groups in total. The lowest BCUT2D eigenvalue weighted by Gasteiger charge is -2.07. The van der Waals surface area contributed by atoms with Crippen LogP contribution in [0.2, 0.25) is 0 Å². The molecule has 0 saturated heterocycles. The van der Waals surface area contributed by atoms with Gasteiger partial charge in [0.25, 0.3) is 0 Å². The normalized spacial score (nSPS) is 10.4. The summed E-state index contributed by atoms with van der Waals surface area (Å²) >= 11 is 3.26. The van der Waals surface area contributed by atoms with Crippen molar-refractivity contribution in [2.24, 2.45) is 0 Å². The minimum absolute atomic E-state index is 0.0895. The highest BCUT2D eigenvalue weighted by Gasteiger charge is 2.08. The Bertz CT molecular complexity index is 599. The molecule has 1 heterocycles. The van der Waals surface area contributed by atoms with E-state index >= 15 is 0 Å². The maximum Gasteiger partial charge on any atom is 0.226 e. The average molecular weight is 327 g/mol. The van der Waals surface area contributed by atoms with Gasteiger partial charge in [0, 0.05) is 24.8 Å². The molecule has 0 bridgehead atoms. The Hall–Kier alpha value is -1.89. The van der Waals surface area contributed by atoms with Crippen molar-refractivity contribution in [3.8, 4) is 0 Å². The molecule has 0 spiro atoms. The number of hydrogen-bond acceptors (Lipinski definition) is 3. The van der Waals surface area contributed by atoms with E-state index in [1.165, 1.54) is 18.2 Å². The van der Waals surface area contributed by atoms with E-state index in [9.17, 15) is 9.18 Å². The smallest absolute Gasteiger partial charge is 0.226 e. The van der Waals surface area contributed by atoms with E-state index in [4.69, 9.17) is 5.73 Å². The van der Waals surface area contributed by atoms with E-state index < -0.39 is 5.82 Å². The quantitative estimate of drug-likeness (QED) is 0.847. The van der Waals surface area contributed by atoms with Crippen LogP contribution in [0.4, 0.5) is 15.8 Å². The van der Waals surface area contributed by atoms with Crippen molar-refractivity contribution in [3.05, 3.63) is 40.9 Å². The first kappa shape index (κ1) is 13.5. The number of carbonyl (C=O) groups is 1. The Balaban J connectivity index is 1.92. The van der Waals surface area contributed by atoms with Crippen molar-refractivity contribution in [1.82, 2.24) is 9.78 Å². The van der Waals surface area contributed by atoms with Crippen LogP contribution in [0.5, 0.6) is 0 Å². The van der Waals surface area contributed by atoms with Crippen LogP contribution in [0.15, 0.2) is 35.1 Å². The first-order valence-corrected chi connectivity index (χ1v) is 6.37.